The molecule has 0 spiro atoms. The smallest absolute Gasteiger partial charge is 0.228 e. The van der Waals surface area contributed by atoms with Crippen molar-refractivity contribution in [3.8, 4) is 11.5 Å². The normalized spacial score (nSPS) is 24.7. The Morgan fingerprint density at radius 3 is 1.97 bits per heavy atom. The van der Waals surface area contributed by atoms with Crippen molar-refractivity contribution in [2.75, 3.05) is 44.2 Å². The first kappa shape index (κ1) is 49.8. The van der Waals surface area contributed by atoms with E-state index in [2.05, 4.69) is 99.7 Å². The zero-order chi connectivity index (χ0) is 48.4. The van der Waals surface area contributed by atoms with Crippen molar-refractivity contribution in [3.05, 3.63) is 172 Å². The molecule has 8 N–H and O–H groups in total. The number of rotatable bonds is 8. The van der Waals surface area contributed by atoms with Gasteiger partial charge in [0.2, 0.25) is 11.8 Å². The summed E-state index contributed by atoms with van der Waals surface area (Å²) in [5.41, 5.74) is 17.6. The highest BCUT2D eigenvalue weighted by Crippen LogP contribution is 2.42. The van der Waals surface area contributed by atoms with Crippen LogP contribution >= 0.6 is 23.2 Å². The molecular formula is C57H66Cl2N6O4. The van der Waals surface area contributed by atoms with Gasteiger partial charge in [-0.15, -0.1) is 0 Å². The van der Waals surface area contributed by atoms with Crippen LogP contribution in [0.2, 0.25) is 10.0 Å². The van der Waals surface area contributed by atoms with Gasteiger partial charge in [0.05, 0.1) is 22.1 Å². The standard InChI is InChI=1S/C24H26N2O2.C22H24Cl2N2O2.C11H16N2/c1-16(24(25)28)22-11-12-26(15-23(22)17-5-3-2-4-6-17)20-9-7-19-14-21(27)10-8-18(19)13-20;1-13-9-16(15-10-18(23)19(24)11-21(15)28-13)22(27)26-20-7-8-25-12-17(20)14-5-3-2-4-6-14;12-11-6-7-13-8-10(11)9-4-2-1-3-5-9/h2-10,13-14,16,22-23,27H,11-12,15H2,1H3,(H2,25,28);2-6,10-11,13,16-17,20,25H,7-9,12H2,1H3,(H,26,27);1-5,10-11,13H,6-8,12H2. The van der Waals surface area contributed by atoms with E-state index in [-0.39, 0.29) is 59.3 Å². The van der Waals surface area contributed by atoms with E-state index in [0.717, 1.165) is 74.9 Å². The van der Waals surface area contributed by atoms with Crippen molar-refractivity contribution in [1.82, 2.24) is 16.0 Å². The third-order valence-electron chi connectivity index (χ3n) is 14.6. The minimum atomic E-state index is -0.292. The van der Waals surface area contributed by atoms with E-state index >= 15 is 0 Å². The molecule has 0 aromatic heterocycles. The lowest BCUT2D eigenvalue weighted by atomic mass is 9.74. The summed E-state index contributed by atoms with van der Waals surface area (Å²) in [6, 6.07) is 47.0. The van der Waals surface area contributed by atoms with E-state index in [4.69, 9.17) is 39.4 Å². The molecule has 3 fully saturated rings. The molecule has 362 valence electrons. The van der Waals surface area contributed by atoms with Crippen molar-refractivity contribution in [2.24, 2.45) is 23.3 Å². The third kappa shape index (κ3) is 12.4. The fraction of sp³-hybridized carbons (Fsp3) is 0.368. The number of primary amides is 1. The zero-order valence-electron chi connectivity index (χ0n) is 39.6. The number of anilines is 1. The predicted molar refractivity (Wildman–Crippen MR) is 281 cm³/mol. The van der Waals surface area contributed by atoms with Crippen LogP contribution in [0.1, 0.15) is 85.5 Å². The second kappa shape index (κ2) is 23.3. The van der Waals surface area contributed by atoms with Crippen molar-refractivity contribution in [2.45, 2.75) is 81.4 Å². The maximum atomic E-state index is 13.3. The topological polar surface area (TPSA) is 155 Å². The quantitative estimate of drug-likeness (QED) is 0.0882. The molecule has 6 aromatic carbocycles. The van der Waals surface area contributed by atoms with Gasteiger partial charge in [0.25, 0.3) is 0 Å². The minimum Gasteiger partial charge on any atom is -0.508 e. The number of hydrogen-bond acceptors (Lipinski definition) is 8. The Morgan fingerprint density at radius 1 is 0.739 bits per heavy atom. The van der Waals surface area contributed by atoms with Gasteiger partial charge in [0.1, 0.15) is 11.5 Å². The molecule has 6 aromatic rings. The molecule has 3 saturated heterocycles. The molecule has 9 atom stereocenters. The Bertz CT molecular complexity index is 2640. The number of carbonyl (C=O) groups is 2. The fourth-order valence-corrected chi connectivity index (χ4v) is 11.0. The lowest BCUT2D eigenvalue weighted by Crippen LogP contribution is -2.50. The first-order chi connectivity index (χ1) is 33.4. The molecular weight excluding hydrogens is 904 g/mol. The van der Waals surface area contributed by atoms with Crippen molar-refractivity contribution in [1.29, 1.82) is 0 Å². The molecule has 4 aliphatic rings. The second-order valence-corrected chi connectivity index (χ2v) is 20.0. The average Bonchev–Trinajstić information content (AvgIpc) is 3.37. The monoisotopic (exact) mass is 968 g/mol. The molecule has 0 aliphatic carbocycles. The summed E-state index contributed by atoms with van der Waals surface area (Å²) in [6.07, 6.45) is 3.48. The van der Waals surface area contributed by atoms with Gasteiger partial charge in [-0.3, -0.25) is 9.59 Å². The molecule has 4 heterocycles. The van der Waals surface area contributed by atoms with Crippen molar-refractivity contribution >= 4 is 51.5 Å². The van der Waals surface area contributed by atoms with Gasteiger partial charge in [-0.1, -0.05) is 133 Å². The number of nitrogens with two attached hydrogens (primary N) is 2. The van der Waals surface area contributed by atoms with E-state index in [9.17, 15) is 14.7 Å². The van der Waals surface area contributed by atoms with Crippen LogP contribution < -0.4 is 37.1 Å². The van der Waals surface area contributed by atoms with Crippen molar-refractivity contribution in [3.63, 3.8) is 0 Å². The number of nitrogens with zero attached hydrogens (tertiary/aromatic N) is 1. The van der Waals surface area contributed by atoms with E-state index < -0.39 is 0 Å². The molecule has 10 nitrogen and oxygen atoms in total. The number of fused-ring (bicyclic) bond motifs is 2. The SMILES string of the molecule is CC(C(N)=O)C1CCN(c2ccc3cc(O)ccc3c2)CC1c1ccccc1.CC1CC(C(=O)NC2CCNCC2c2ccccc2)c2cc(Cl)c(Cl)cc2O1.NC1CCNCC1c1ccccc1. The largest absolute Gasteiger partial charge is 0.508 e. The average molecular weight is 970 g/mol. The summed E-state index contributed by atoms with van der Waals surface area (Å²) in [5.74, 6) is 1.56. The number of carbonyl (C=O) groups excluding carboxylic acids is 2. The van der Waals surface area contributed by atoms with Crippen LogP contribution in [-0.2, 0) is 9.59 Å². The zero-order valence-corrected chi connectivity index (χ0v) is 41.1. The van der Waals surface area contributed by atoms with E-state index in [0.29, 0.717) is 34.2 Å². The minimum absolute atomic E-state index is 0.0302. The maximum absolute atomic E-state index is 13.3. The first-order valence-corrected chi connectivity index (χ1v) is 25.2. The lowest BCUT2D eigenvalue weighted by Gasteiger charge is -2.42. The first-order valence-electron chi connectivity index (χ1n) is 24.5. The molecule has 69 heavy (non-hydrogen) atoms. The summed E-state index contributed by atoms with van der Waals surface area (Å²) in [6.45, 7) is 9.53. The molecule has 9 unspecified atom stereocenters. The van der Waals surface area contributed by atoms with Gasteiger partial charge in [0.15, 0.2) is 0 Å². The van der Waals surface area contributed by atoms with Gasteiger partial charge < -0.3 is 42.2 Å². The number of hydrogen-bond donors (Lipinski definition) is 6. The van der Waals surface area contributed by atoms with Crippen LogP contribution in [0.15, 0.2) is 140 Å². The molecule has 12 heteroatoms. The fourth-order valence-electron chi connectivity index (χ4n) is 10.7. The number of amides is 2. The molecule has 2 amide bonds. The number of piperidine rings is 3. The van der Waals surface area contributed by atoms with Crippen molar-refractivity contribution < 1.29 is 19.4 Å². The summed E-state index contributed by atoms with van der Waals surface area (Å²) in [4.78, 5) is 27.6. The Balaban J connectivity index is 0.000000149. The molecule has 10 rings (SSSR count). The third-order valence-corrected chi connectivity index (χ3v) is 15.3. The van der Waals surface area contributed by atoms with E-state index in [1.54, 1.807) is 24.3 Å². The molecule has 0 radical (unpaired) electrons. The molecule has 0 bridgehead atoms. The van der Waals surface area contributed by atoms with Gasteiger partial charge in [0, 0.05) is 79.3 Å². The van der Waals surface area contributed by atoms with E-state index in [1.807, 2.05) is 50.2 Å². The summed E-state index contributed by atoms with van der Waals surface area (Å²) in [7, 11) is 0. The molecule has 0 saturated carbocycles. The Kier molecular flexibility index (Phi) is 16.8. The predicted octanol–water partition coefficient (Wildman–Crippen LogP) is 9.88. The number of nitrogens with one attached hydrogen (secondary N) is 3. The number of phenolic OH excluding ortho intramolecular Hbond substituents is 1. The summed E-state index contributed by atoms with van der Waals surface area (Å²) in [5, 5.41) is 22.9. The number of aromatic hydroxyl groups is 1. The highest BCUT2D eigenvalue weighted by molar-refractivity contribution is 6.42. The van der Waals surface area contributed by atoms with Crippen LogP contribution in [0.5, 0.6) is 11.5 Å². The number of benzene rings is 6. The number of halogens is 2. The number of phenols is 1. The highest BCUT2D eigenvalue weighted by atomic mass is 35.5. The van der Waals surface area contributed by atoms with Crippen LogP contribution in [0.25, 0.3) is 10.8 Å². The Labute approximate surface area is 417 Å². The van der Waals surface area contributed by atoms with Crippen LogP contribution in [0.4, 0.5) is 5.69 Å². The van der Waals surface area contributed by atoms with Gasteiger partial charge in [-0.05, 0) is 109 Å². The summed E-state index contributed by atoms with van der Waals surface area (Å²) < 4.78 is 5.90. The number of ether oxygens (including phenoxy) is 1. The second-order valence-electron chi connectivity index (χ2n) is 19.1. The molecule has 4 aliphatic heterocycles. The Hall–Kier alpha value is -5.62. The van der Waals surface area contributed by atoms with Gasteiger partial charge in [-0.2, -0.15) is 0 Å². The maximum Gasteiger partial charge on any atom is 0.228 e. The lowest BCUT2D eigenvalue weighted by molar-refractivity contribution is -0.125. The summed E-state index contributed by atoms with van der Waals surface area (Å²) >= 11 is 12.4. The van der Waals surface area contributed by atoms with Gasteiger partial charge >= 0.3 is 0 Å². The highest BCUT2D eigenvalue weighted by Gasteiger charge is 2.37. The Morgan fingerprint density at radius 2 is 1.32 bits per heavy atom. The van der Waals surface area contributed by atoms with Crippen LogP contribution in [0, 0.1) is 11.8 Å². The van der Waals surface area contributed by atoms with Crippen LogP contribution in [0.3, 0.4) is 0 Å². The van der Waals surface area contributed by atoms with E-state index in [1.165, 1.54) is 22.4 Å². The van der Waals surface area contributed by atoms with Gasteiger partial charge in [-0.25, -0.2) is 0 Å². The van der Waals surface area contributed by atoms with Crippen LogP contribution in [-0.4, -0.2) is 74.4 Å².